The molecule has 0 aliphatic rings. The van der Waals surface area contributed by atoms with Gasteiger partial charge in [0.25, 0.3) is 0 Å². The zero-order valence-corrected chi connectivity index (χ0v) is 18.6. The molecule has 0 spiro atoms. The molecule has 1 heteroatoms. The summed E-state index contributed by atoms with van der Waals surface area (Å²) in [6, 6.07) is 0. The second-order valence-electron chi connectivity index (χ2n) is 9.10. The van der Waals surface area contributed by atoms with Crippen LogP contribution in [0.3, 0.4) is 0 Å². The summed E-state index contributed by atoms with van der Waals surface area (Å²) in [6.45, 7) is 15.7. The Morgan fingerprint density at radius 1 is 0.480 bits per heavy atom. The van der Waals surface area contributed by atoms with E-state index in [0.717, 1.165) is 11.8 Å². The van der Waals surface area contributed by atoms with Gasteiger partial charge in [0.1, 0.15) is 0 Å². The summed E-state index contributed by atoms with van der Waals surface area (Å²) >= 11 is 0. The van der Waals surface area contributed by atoms with Crippen molar-refractivity contribution in [1.82, 2.24) is 4.90 Å². The molecular formula is C24H51N. The van der Waals surface area contributed by atoms with Crippen molar-refractivity contribution >= 4 is 0 Å². The summed E-state index contributed by atoms with van der Waals surface area (Å²) in [6.07, 6.45) is 19.9. The lowest BCUT2D eigenvalue weighted by atomic mass is 10.0. The highest BCUT2D eigenvalue weighted by atomic mass is 15.1. The van der Waals surface area contributed by atoms with E-state index in [1.807, 2.05) is 0 Å². The van der Waals surface area contributed by atoms with Crippen LogP contribution in [0.2, 0.25) is 0 Å². The zero-order chi connectivity index (χ0) is 18.8. The summed E-state index contributed by atoms with van der Waals surface area (Å²) in [5, 5.41) is 0. The number of rotatable bonds is 19. The van der Waals surface area contributed by atoms with E-state index < -0.39 is 0 Å². The Hall–Kier alpha value is -0.0400. The lowest BCUT2D eigenvalue weighted by molar-refractivity contribution is 0.254. The van der Waals surface area contributed by atoms with Gasteiger partial charge in [0.2, 0.25) is 0 Å². The molecule has 25 heavy (non-hydrogen) atoms. The Morgan fingerprint density at radius 2 is 0.840 bits per heavy atom. The van der Waals surface area contributed by atoms with Crippen molar-refractivity contribution in [3.63, 3.8) is 0 Å². The number of nitrogens with zero attached hydrogens (tertiary/aromatic N) is 1. The number of hydrogen-bond donors (Lipinski definition) is 0. The molecule has 0 unspecified atom stereocenters. The maximum atomic E-state index is 2.78. The Balaban J connectivity index is 3.78. The molecule has 0 N–H and O–H groups in total. The van der Waals surface area contributed by atoms with Crippen molar-refractivity contribution < 1.29 is 0 Å². The molecule has 0 rings (SSSR count). The van der Waals surface area contributed by atoms with E-state index >= 15 is 0 Å². The second-order valence-corrected chi connectivity index (χ2v) is 9.10. The lowest BCUT2D eigenvalue weighted by Gasteiger charge is -2.22. The predicted octanol–water partition coefficient (Wildman–Crippen LogP) is 8.08. The number of hydrogen-bond acceptors (Lipinski definition) is 1. The molecule has 0 atom stereocenters. The van der Waals surface area contributed by atoms with Gasteiger partial charge in [-0.15, -0.1) is 0 Å². The number of unbranched alkanes of at least 4 members (excludes halogenated alkanes) is 9. The maximum Gasteiger partial charge on any atom is -0.00187 e. The molecule has 0 aliphatic carbocycles. The van der Waals surface area contributed by atoms with Crippen molar-refractivity contribution in [1.29, 1.82) is 0 Å². The van der Waals surface area contributed by atoms with Gasteiger partial charge >= 0.3 is 0 Å². The Labute approximate surface area is 161 Å². The van der Waals surface area contributed by atoms with Gasteiger partial charge in [0.05, 0.1) is 0 Å². The van der Waals surface area contributed by atoms with E-state index in [9.17, 15) is 0 Å². The molecule has 0 bridgehead atoms. The molecule has 0 heterocycles. The third-order valence-electron chi connectivity index (χ3n) is 5.34. The molecular weight excluding hydrogens is 302 g/mol. The molecule has 0 aliphatic heterocycles. The highest BCUT2D eigenvalue weighted by molar-refractivity contribution is 4.60. The van der Waals surface area contributed by atoms with Gasteiger partial charge in [-0.2, -0.15) is 0 Å². The molecule has 0 radical (unpaired) electrons. The van der Waals surface area contributed by atoms with Crippen molar-refractivity contribution in [3.05, 3.63) is 0 Å². The van der Waals surface area contributed by atoms with E-state index in [1.165, 1.54) is 110 Å². The van der Waals surface area contributed by atoms with Crippen molar-refractivity contribution in [3.8, 4) is 0 Å². The smallest absolute Gasteiger partial charge is 0.00187 e. The van der Waals surface area contributed by atoms with Crippen LogP contribution in [0.4, 0.5) is 0 Å². The molecule has 0 aromatic heterocycles. The van der Waals surface area contributed by atoms with Gasteiger partial charge < -0.3 is 4.90 Å². The SMILES string of the molecule is CCCCCCN(CCCCCCC(C)C)CCCCCCC(C)C. The van der Waals surface area contributed by atoms with Crippen LogP contribution in [0.15, 0.2) is 0 Å². The second kappa shape index (κ2) is 18.7. The summed E-state index contributed by atoms with van der Waals surface area (Å²) in [4.78, 5) is 2.78. The van der Waals surface area contributed by atoms with E-state index in [0.29, 0.717) is 0 Å². The Morgan fingerprint density at radius 3 is 1.20 bits per heavy atom. The molecule has 1 nitrogen and oxygen atoms in total. The lowest BCUT2D eigenvalue weighted by Crippen LogP contribution is -2.27. The van der Waals surface area contributed by atoms with E-state index in [-0.39, 0.29) is 0 Å². The fourth-order valence-electron chi connectivity index (χ4n) is 3.58. The van der Waals surface area contributed by atoms with Crippen molar-refractivity contribution in [2.24, 2.45) is 11.8 Å². The fraction of sp³-hybridized carbons (Fsp3) is 1.00. The average Bonchev–Trinajstić information content (AvgIpc) is 2.56. The summed E-state index contributed by atoms with van der Waals surface area (Å²) < 4.78 is 0. The van der Waals surface area contributed by atoms with Crippen LogP contribution in [0.1, 0.15) is 125 Å². The van der Waals surface area contributed by atoms with Crippen molar-refractivity contribution in [2.75, 3.05) is 19.6 Å². The first-order chi connectivity index (χ1) is 12.1. The zero-order valence-electron chi connectivity index (χ0n) is 18.6. The maximum absolute atomic E-state index is 2.78. The third kappa shape index (κ3) is 20.1. The van der Waals surface area contributed by atoms with Gasteiger partial charge in [-0.1, -0.05) is 105 Å². The molecule has 0 amide bonds. The molecule has 0 saturated heterocycles. The Kier molecular flexibility index (Phi) is 18.7. The van der Waals surface area contributed by atoms with Crippen molar-refractivity contribution in [2.45, 2.75) is 125 Å². The normalized spacial score (nSPS) is 12.0. The average molecular weight is 354 g/mol. The van der Waals surface area contributed by atoms with Gasteiger partial charge in [0, 0.05) is 0 Å². The first kappa shape index (κ1) is 25.0. The molecule has 0 aromatic rings. The third-order valence-corrected chi connectivity index (χ3v) is 5.34. The summed E-state index contributed by atoms with van der Waals surface area (Å²) in [5.41, 5.74) is 0. The van der Waals surface area contributed by atoms with E-state index in [1.54, 1.807) is 0 Å². The van der Waals surface area contributed by atoms with Crippen LogP contribution in [-0.2, 0) is 0 Å². The fourth-order valence-corrected chi connectivity index (χ4v) is 3.58. The summed E-state index contributed by atoms with van der Waals surface area (Å²) in [5.74, 6) is 1.76. The van der Waals surface area contributed by atoms with Crippen LogP contribution in [0.5, 0.6) is 0 Å². The largest absolute Gasteiger partial charge is 0.303 e. The van der Waals surface area contributed by atoms with Crippen LogP contribution >= 0.6 is 0 Å². The molecule has 0 saturated carbocycles. The molecule has 152 valence electrons. The minimum Gasteiger partial charge on any atom is -0.303 e. The first-order valence-corrected chi connectivity index (χ1v) is 11.8. The highest BCUT2D eigenvalue weighted by Gasteiger charge is 2.05. The quantitative estimate of drug-likeness (QED) is 0.212. The van der Waals surface area contributed by atoms with Crippen LogP contribution in [-0.4, -0.2) is 24.5 Å². The van der Waals surface area contributed by atoms with Crippen LogP contribution < -0.4 is 0 Å². The van der Waals surface area contributed by atoms with Gasteiger partial charge in [-0.05, 0) is 50.7 Å². The van der Waals surface area contributed by atoms with Gasteiger partial charge in [0.15, 0.2) is 0 Å². The van der Waals surface area contributed by atoms with Crippen LogP contribution in [0.25, 0.3) is 0 Å². The first-order valence-electron chi connectivity index (χ1n) is 11.8. The van der Waals surface area contributed by atoms with Crippen LogP contribution in [0, 0.1) is 11.8 Å². The van der Waals surface area contributed by atoms with E-state index in [4.69, 9.17) is 0 Å². The minimum absolute atomic E-state index is 0.880. The Bertz CT molecular complexity index is 226. The highest BCUT2D eigenvalue weighted by Crippen LogP contribution is 2.12. The van der Waals surface area contributed by atoms with E-state index in [2.05, 4.69) is 39.5 Å². The topological polar surface area (TPSA) is 3.24 Å². The monoisotopic (exact) mass is 353 g/mol. The minimum atomic E-state index is 0.880. The standard InChI is InChI=1S/C24H51N/c1-6-7-8-15-20-25(21-16-11-9-13-18-23(2)3)22-17-12-10-14-19-24(4)5/h23-24H,6-22H2,1-5H3. The van der Waals surface area contributed by atoms with Gasteiger partial charge in [-0.3, -0.25) is 0 Å². The van der Waals surface area contributed by atoms with Gasteiger partial charge in [-0.25, -0.2) is 0 Å². The molecule has 0 fully saturated rings. The molecule has 0 aromatic carbocycles. The summed E-state index contributed by atoms with van der Waals surface area (Å²) in [7, 11) is 0. The predicted molar refractivity (Wildman–Crippen MR) is 116 cm³/mol.